The number of thioether (sulfide) groups is 1. The molecule has 0 radical (unpaired) electrons. The number of methoxy groups -OCH3 is 1. The van der Waals surface area contributed by atoms with Gasteiger partial charge in [-0.2, -0.15) is 9.67 Å². The maximum Gasteiger partial charge on any atom is 0.342 e. The van der Waals surface area contributed by atoms with Gasteiger partial charge < -0.3 is 9.84 Å². The van der Waals surface area contributed by atoms with Gasteiger partial charge in [-0.25, -0.2) is 5.43 Å². The predicted molar refractivity (Wildman–Crippen MR) is 143 cm³/mol. The highest BCUT2D eigenvalue weighted by Gasteiger charge is 2.24. The number of ether oxygens (including phenoxy) is 1. The number of aromatic amines is 1. The fourth-order valence-corrected chi connectivity index (χ4v) is 4.39. The number of carbonyl (C=O) groups is 1. The number of rotatable bonds is 10. The van der Waals surface area contributed by atoms with Crippen LogP contribution in [-0.2, 0) is 11.2 Å². The molecule has 2 N–H and O–H groups in total. The van der Waals surface area contributed by atoms with Crippen LogP contribution in [0.5, 0.6) is 11.5 Å². The summed E-state index contributed by atoms with van der Waals surface area (Å²) < 4.78 is 7.24. The van der Waals surface area contributed by atoms with Crippen molar-refractivity contribution in [2.45, 2.75) is 18.5 Å². The van der Waals surface area contributed by atoms with Gasteiger partial charge in [0.05, 0.1) is 29.7 Å². The maximum atomic E-state index is 12.5. The Kier molecular flexibility index (Phi) is 8.37. The summed E-state index contributed by atoms with van der Waals surface area (Å²) in [5, 5.41) is 24.6. The molecule has 0 aliphatic rings. The van der Waals surface area contributed by atoms with Crippen molar-refractivity contribution in [3.8, 4) is 28.6 Å². The first-order chi connectivity index (χ1) is 18.0. The van der Waals surface area contributed by atoms with Gasteiger partial charge in [-0.15, -0.1) is 11.7 Å². The molecule has 4 aromatic rings. The van der Waals surface area contributed by atoms with Crippen LogP contribution in [0, 0.1) is 6.92 Å². The second-order valence-electron chi connectivity index (χ2n) is 8.16. The van der Waals surface area contributed by atoms with Crippen molar-refractivity contribution in [2.24, 2.45) is 5.10 Å². The Morgan fingerprint density at radius 2 is 1.95 bits per heavy atom. The average molecular weight is 514 g/mol. The summed E-state index contributed by atoms with van der Waals surface area (Å²) in [6, 6.07) is 20.9. The van der Waals surface area contributed by atoms with Crippen molar-refractivity contribution in [2.75, 3.05) is 12.9 Å². The highest BCUT2D eigenvalue weighted by molar-refractivity contribution is 7.99. The fourth-order valence-electron chi connectivity index (χ4n) is 3.63. The van der Waals surface area contributed by atoms with Gasteiger partial charge in [-0.3, -0.25) is 4.79 Å². The summed E-state index contributed by atoms with van der Waals surface area (Å²) in [6.07, 6.45) is 3.52. The van der Waals surface area contributed by atoms with Crippen molar-refractivity contribution < 1.29 is 19.2 Å². The summed E-state index contributed by atoms with van der Waals surface area (Å²) in [5.74, 6) is 1.16. The van der Waals surface area contributed by atoms with Crippen LogP contribution in [0.2, 0.25) is 0 Å². The topological polar surface area (TPSA) is 106 Å². The average Bonchev–Trinajstić information content (AvgIpc) is 3.34. The Bertz CT molecular complexity index is 1410. The molecule has 8 nitrogen and oxygen atoms in total. The molecule has 1 amide bonds. The number of benzene rings is 3. The molecule has 3 aromatic carbocycles. The third kappa shape index (κ3) is 6.25. The van der Waals surface area contributed by atoms with Crippen LogP contribution >= 0.6 is 11.8 Å². The van der Waals surface area contributed by atoms with Crippen LogP contribution in [0.1, 0.15) is 16.7 Å². The number of hydrogen-bond donors (Lipinski definition) is 2. The number of hydrazone groups is 1. The first-order valence-electron chi connectivity index (χ1n) is 11.6. The summed E-state index contributed by atoms with van der Waals surface area (Å²) in [6.45, 7) is 5.69. The van der Waals surface area contributed by atoms with Gasteiger partial charge in [0.15, 0.2) is 0 Å². The molecule has 4 rings (SSSR count). The SMILES string of the molecule is C=CCc1cccc(C=NNC(=O)CSc2n[nH]c(-c3ccc(OC)cc3)[n+]2-c2ccc(C)cc2)c1[O-]. The number of hydrogen-bond acceptors (Lipinski definition) is 6. The standard InChI is InChI=1S/C28H27N5O3S/c1-4-6-20-7-5-8-22(26(20)35)17-29-30-25(34)18-37-28-32-31-27(21-11-15-24(36-3)16-12-21)33(28)23-13-9-19(2)10-14-23/h4-5,7-17H,1,6,18H2,2-3H3,(H2,29,30,34,35). The molecule has 1 heterocycles. The summed E-state index contributed by atoms with van der Waals surface area (Å²) >= 11 is 1.27. The van der Waals surface area contributed by atoms with Gasteiger partial charge in [-0.1, -0.05) is 53.3 Å². The minimum atomic E-state index is -0.319. The molecule has 0 bridgehead atoms. The minimum Gasteiger partial charge on any atom is -0.872 e. The van der Waals surface area contributed by atoms with Crippen molar-refractivity contribution in [1.29, 1.82) is 0 Å². The molecule has 0 aliphatic heterocycles. The van der Waals surface area contributed by atoms with E-state index in [1.807, 2.05) is 60.0 Å². The van der Waals surface area contributed by atoms with E-state index in [0.717, 1.165) is 28.4 Å². The number of allylic oxidation sites excluding steroid dienone is 1. The summed E-state index contributed by atoms with van der Waals surface area (Å²) in [7, 11) is 1.63. The Morgan fingerprint density at radius 1 is 1.19 bits per heavy atom. The van der Waals surface area contributed by atoms with E-state index >= 15 is 0 Å². The first kappa shape index (κ1) is 25.7. The lowest BCUT2D eigenvalue weighted by molar-refractivity contribution is -0.625. The van der Waals surface area contributed by atoms with Crippen molar-refractivity contribution >= 4 is 23.9 Å². The van der Waals surface area contributed by atoms with E-state index in [9.17, 15) is 9.90 Å². The number of aromatic nitrogens is 3. The van der Waals surface area contributed by atoms with Crippen molar-refractivity contribution in [3.05, 3.63) is 96.1 Å². The molecule has 0 saturated carbocycles. The van der Waals surface area contributed by atoms with Gasteiger partial charge in [0.2, 0.25) is 0 Å². The molecule has 0 atom stereocenters. The molecule has 1 aromatic heterocycles. The third-order valence-electron chi connectivity index (χ3n) is 5.54. The number of H-pyrrole nitrogens is 1. The lowest BCUT2D eigenvalue weighted by Crippen LogP contribution is -2.34. The van der Waals surface area contributed by atoms with Crippen molar-refractivity contribution in [3.63, 3.8) is 0 Å². The highest BCUT2D eigenvalue weighted by atomic mass is 32.2. The van der Waals surface area contributed by atoms with E-state index in [1.165, 1.54) is 18.0 Å². The third-order valence-corrected chi connectivity index (χ3v) is 6.48. The molecular formula is C28H27N5O3S. The number of carbonyl (C=O) groups excluding carboxylic acids is 1. The molecule has 9 heteroatoms. The Labute approximate surface area is 219 Å². The second-order valence-corrected chi connectivity index (χ2v) is 9.11. The van der Waals surface area contributed by atoms with Crippen LogP contribution in [-0.4, -0.2) is 35.2 Å². The van der Waals surface area contributed by atoms with Gasteiger partial charge in [-0.05, 0) is 67.1 Å². The number of amides is 1. The van der Waals surface area contributed by atoms with Crippen LogP contribution in [0.3, 0.4) is 0 Å². The molecular weight excluding hydrogens is 486 g/mol. The number of nitrogens with one attached hydrogen (secondary N) is 2. The molecule has 0 fully saturated rings. The first-order valence-corrected chi connectivity index (χ1v) is 12.5. The zero-order chi connectivity index (χ0) is 26.2. The van der Waals surface area contributed by atoms with E-state index in [2.05, 4.69) is 27.3 Å². The largest absolute Gasteiger partial charge is 0.872 e. The van der Waals surface area contributed by atoms with E-state index in [1.54, 1.807) is 31.4 Å². The molecule has 0 aliphatic carbocycles. The van der Waals surface area contributed by atoms with Gasteiger partial charge in [0.1, 0.15) is 11.4 Å². The van der Waals surface area contributed by atoms with E-state index in [0.29, 0.717) is 22.7 Å². The molecule has 0 unspecified atom stereocenters. The van der Waals surface area contributed by atoms with E-state index < -0.39 is 0 Å². The monoisotopic (exact) mass is 513 g/mol. The predicted octanol–water partition coefficient (Wildman–Crippen LogP) is 3.71. The maximum absolute atomic E-state index is 12.5. The van der Waals surface area contributed by atoms with Gasteiger partial charge >= 0.3 is 5.16 Å². The molecule has 188 valence electrons. The summed E-state index contributed by atoms with van der Waals surface area (Å²) in [4.78, 5) is 12.5. The molecule has 37 heavy (non-hydrogen) atoms. The Morgan fingerprint density at radius 3 is 2.65 bits per heavy atom. The van der Waals surface area contributed by atoms with Crippen LogP contribution < -0.4 is 19.8 Å². The lowest BCUT2D eigenvalue weighted by atomic mass is 10.1. The lowest BCUT2D eigenvalue weighted by Gasteiger charge is -2.15. The van der Waals surface area contributed by atoms with E-state index in [4.69, 9.17) is 4.74 Å². The highest BCUT2D eigenvalue weighted by Crippen LogP contribution is 2.23. The van der Waals surface area contributed by atoms with Gasteiger partial charge in [0, 0.05) is 0 Å². The molecule has 0 saturated heterocycles. The van der Waals surface area contributed by atoms with Crippen molar-refractivity contribution in [1.82, 2.24) is 15.6 Å². The van der Waals surface area contributed by atoms with Crippen LogP contribution in [0.25, 0.3) is 17.1 Å². The number of para-hydroxylation sites is 1. The van der Waals surface area contributed by atoms with E-state index in [-0.39, 0.29) is 17.4 Å². The van der Waals surface area contributed by atoms with Crippen LogP contribution in [0.15, 0.2) is 89.6 Å². The normalized spacial score (nSPS) is 11.0. The second kappa shape index (κ2) is 12.0. The number of nitrogens with zero attached hydrogens (tertiary/aromatic N) is 3. The quantitative estimate of drug-likeness (QED) is 0.111. The Hall–Kier alpha value is -4.37. The zero-order valence-electron chi connectivity index (χ0n) is 20.6. The van der Waals surface area contributed by atoms with Crippen LogP contribution in [0.4, 0.5) is 0 Å². The number of aryl methyl sites for hydroxylation is 1. The minimum absolute atomic E-state index is 0.0802. The fraction of sp³-hybridized carbons (Fsp3) is 0.143. The summed E-state index contributed by atoms with van der Waals surface area (Å²) in [5.41, 5.74) is 6.49. The Balaban J connectivity index is 1.50. The smallest absolute Gasteiger partial charge is 0.342 e. The zero-order valence-corrected chi connectivity index (χ0v) is 21.4. The molecule has 0 spiro atoms. The van der Waals surface area contributed by atoms with Gasteiger partial charge in [0.25, 0.3) is 11.7 Å².